The van der Waals surface area contributed by atoms with E-state index >= 15 is 0 Å². The van der Waals surface area contributed by atoms with E-state index in [2.05, 4.69) is 35.7 Å². The van der Waals surface area contributed by atoms with Crippen LogP contribution < -0.4 is 0 Å². The van der Waals surface area contributed by atoms with Crippen LogP contribution in [0.1, 0.15) is 171 Å². The average molecular weight is 1560 g/mol. The van der Waals surface area contributed by atoms with Gasteiger partial charge in [0.05, 0.1) is 5.69 Å². The third-order valence-electron chi connectivity index (χ3n) is 19.0. The van der Waals surface area contributed by atoms with Crippen molar-refractivity contribution < 1.29 is 58.6 Å². The molecule has 0 fully saturated rings. The summed E-state index contributed by atoms with van der Waals surface area (Å²) in [7, 11) is 0. The monoisotopic (exact) mass is 1560 g/mol. The largest absolute Gasteiger partial charge is 0.505 e. The van der Waals surface area contributed by atoms with Gasteiger partial charge in [-0.2, -0.15) is 5.10 Å². The number of fused-ring (bicyclic) bond motifs is 4. The van der Waals surface area contributed by atoms with Gasteiger partial charge in [0, 0.05) is 68.0 Å². The quantitative estimate of drug-likeness (QED) is 0.0323. The number of allylic oxidation sites excluding steroid dienone is 1. The van der Waals surface area contributed by atoms with Crippen molar-refractivity contribution in [3.05, 3.63) is 179 Å². The van der Waals surface area contributed by atoms with Crippen LogP contribution in [-0.4, -0.2) is 131 Å². The van der Waals surface area contributed by atoms with Crippen molar-refractivity contribution in [1.29, 1.82) is 0 Å². The highest BCUT2D eigenvalue weighted by Gasteiger charge is 2.39. The van der Waals surface area contributed by atoms with E-state index in [9.17, 15) is 39.6 Å². The van der Waals surface area contributed by atoms with E-state index in [1.54, 1.807) is 103 Å². The topological polar surface area (TPSA) is 309 Å². The van der Waals surface area contributed by atoms with Crippen LogP contribution in [0.15, 0.2) is 108 Å². The Morgan fingerprint density at radius 3 is 0.899 bits per heavy atom. The minimum Gasteiger partial charge on any atom is -0.505 e. The summed E-state index contributed by atoms with van der Waals surface area (Å²) in [6.07, 6.45) is 2.33. The minimum absolute atomic E-state index is 0.0404. The molecule has 24 nitrogen and oxygen atoms in total. The highest BCUT2D eigenvalue weighted by atomic mass is 35.5. The van der Waals surface area contributed by atoms with Crippen molar-refractivity contribution in [1.82, 2.24) is 60.0 Å². The number of hydrogen-bond donors (Lipinski definition) is 4. The predicted molar refractivity (Wildman–Crippen MR) is 416 cm³/mol. The van der Waals surface area contributed by atoms with E-state index < -0.39 is 77.4 Å². The van der Waals surface area contributed by atoms with Gasteiger partial charge in [-0.15, -0.1) is 54.9 Å². The summed E-state index contributed by atoms with van der Waals surface area (Å²) in [5, 5.41) is 86.3. The Balaban J connectivity index is 0.855. The normalized spacial score (nSPS) is 12.9. The van der Waals surface area contributed by atoms with Crippen molar-refractivity contribution in [3.8, 4) is 45.7 Å². The van der Waals surface area contributed by atoms with Crippen LogP contribution in [0.3, 0.4) is 0 Å². The number of nitrogens with zero attached hydrogens (tertiary/aromatic N) is 12. The smallest absolute Gasteiger partial charge is 0.306 e. The fourth-order valence-corrected chi connectivity index (χ4v) is 13.5. The molecule has 0 bridgehead atoms. The number of phenols is 4. The zero-order valence-corrected chi connectivity index (χ0v) is 65.7. The summed E-state index contributed by atoms with van der Waals surface area (Å²) in [5.74, 6) is -3.16. The number of ether oxygens (including phenoxy) is 4. The van der Waals surface area contributed by atoms with Gasteiger partial charge in [-0.3, -0.25) is 19.2 Å². The summed E-state index contributed by atoms with van der Waals surface area (Å²) in [5.41, 5.74) is 6.02. The van der Waals surface area contributed by atoms with Crippen LogP contribution in [0.5, 0.6) is 23.0 Å². The Bertz CT molecular complexity index is 5000. The fourth-order valence-electron chi connectivity index (χ4n) is 12.8. The summed E-state index contributed by atoms with van der Waals surface area (Å²) in [6, 6.07) is 29.2. The molecule has 1 aliphatic rings. The van der Waals surface area contributed by atoms with Gasteiger partial charge in [0.25, 0.3) is 0 Å². The van der Waals surface area contributed by atoms with Gasteiger partial charge in [0.2, 0.25) is 0 Å². The zero-order valence-electron chi connectivity index (χ0n) is 62.7. The van der Waals surface area contributed by atoms with Crippen molar-refractivity contribution in [2.45, 2.75) is 169 Å². The van der Waals surface area contributed by atoms with E-state index in [1.807, 2.05) is 89.2 Å². The minimum atomic E-state index is -1.78. The summed E-state index contributed by atoms with van der Waals surface area (Å²) in [4.78, 5) is 63.4. The van der Waals surface area contributed by atoms with Gasteiger partial charge >= 0.3 is 23.9 Å². The van der Waals surface area contributed by atoms with E-state index in [0.717, 1.165) is 0 Å². The highest BCUT2D eigenvalue weighted by Crippen LogP contribution is 2.42. The molecule has 4 heterocycles. The number of halogens is 4. The molecule has 28 heteroatoms. The summed E-state index contributed by atoms with van der Waals surface area (Å²) < 4.78 is 24.7. The molecule has 11 aromatic rings. The first-order valence-electron chi connectivity index (χ1n) is 35.8. The molecule has 0 unspecified atom stereocenters. The number of carbonyl (C=O) groups is 4. The summed E-state index contributed by atoms with van der Waals surface area (Å²) in [6.45, 7) is 20.8. The number of aromatic hydroxyl groups is 4. The molecule has 4 aromatic heterocycles. The van der Waals surface area contributed by atoms with Gasteiger partial charge in [-0.1, -0.05) is 154 Å². The molecule has 4 N–H and O–H groups in total. The Morgan fingerprint density at radius 1 is 0.358 bits per heavy atom. The lowest BCUT2D eigenvalue weighted by atomic mass is 9.84. The number of carbonyl (C=O) groups excluding carboxylic acids is 4. The maximum Gasteiger partial charge on any atom is 0.306 e. The van der Waals surface area contributed by atoms with Crippen molar-refractivity contribution >= 4 is 109 Å². The Hall–Kier alpha value is -10.1. The number of benzene rings is 7. The van der Waals surface area contributed by atoms with Gasteiger partial charge in [-0.05, 0) is 167 Å². The molecule has 0 radical (unpaired) electrons. The van der Waals surface area contributed by atoms with Gasteiger partial charge < -0.3 is 39.4 Å². The molecular formula is C81H86Cl4N12O12. The average Bonchev–Trinajstić information content (AvgIpc) is 1.71. The molecule has 7 aromatic carbocycles. The number of rotatable bonds is 24. The molecule has 0 amide bonds. The first-order valence-corrected chi connectivity index (χ1v) is 37.3. The lowest BCUT2D eigenvalue weighted by Gasteiger charge is -2.31. The van der Waals surface area contributed by atoms with E-state index in [0.29, 0.717) is 128 Å². The Labute approximate surface area is 649 Å². The molecule has 0 aliphatic heterocycles. The second kappa shape index (κ2) is 31.1. The predicted octanol–water partition coefficient (Wildman–Crippen LogP) is 16.0. The Morgan fingerprint density at radius 2 is 0.624 bits per heavy atom. The van der Waals surface area contributed by atoms with Crippen LogP contribution in [0.4, 0.5) is 0 Å². The van der Waals surface area contributed by atoms with Crippen molar-refractivity contribution in [2.24, 2.45) is 5.41 Å². The van der Waals surface area contributed by atoms with Crippen LogP contribution in [0.2, 0.25) is 15.1 Å². The van der Waals surface area contributed by atoms with Crippen LogP contribution in [0, 0.1) is 5.41 Å². The Kier molecular flexibility index (Phi) is 22.4. The van der Waals surface area contributed by atoms with Gasteiger partial charge in [0.15, 0.2) is 0 Å². The number of aromatic nitrogens is 12. The number of phenolic OH excluding ortho intramolecular Hbond substituents is 4. The molecule has 0 atom stereocenters. The van der Waals surface area contributed by atoms with Crippen molar-refractivity contribution in [2.75, 3.05) is 26.4 Å². The van der Waals surface area contributed by atoms with E-state index in [4.69, 9.17) is 70.4 Å². The molecule has 0 saturated carbocycles. The zero-order chi connectivity index (χ0) is 78.4. The second-order valence-corrected chi connectivity index (χ2v) is 33.8. The molecule has 109 heavy (non-hydrogen) atoms. The van der Waals surface area contributed by atoms with Crippen LogP contribution >= 0.6 is 46.4 Å². The fraction of sp³-hybridized carbons (Fsp3) is 0.383. The van der Waals surface area contributed by atoms with Crippen LogP contribution in [-0.2, 0) is 91.9 Å². The highest BCUT2D eigenvalue weighted by molar-refractivity contribution is 6.32. The SMILES string of the molecule is CC(C)(C)c1cc(CCC(=O)OCC(COC(=O)CCc2cc(-n3nc4ccc(Cl)cc4n3)c(O)c(C(C)(C)C)c2)(COC(=O)CCc2cc(-n3nc4ccc(Cl)cc4n3)c(O)c(C(C)(C)C)c2)COC(=O)CCc2cc(-n3nc4ccc(Cl)cc4n3)c(O)c(C(C)(C)C)c2)cc(-n2nc3c(n2)CCC(Cl)=C3)c1O. The maximum atomic E-state index is 14.5. The molecular weight excluding hydrogens is 1470 g/mol. The third kappa shape index (κ3) is 18.3. The standard InChI is InChI=1S/C81H86Cl4N12O12/c1-77(2,3)53-29-45(33-65(73(53)102)94-86-57-21-17-49(82)37-61(57)90-94)13-25-69(98)106-41-81(42-107-70(99)26-14-46-30-54(78(4,5)6)74(103)66(34-46)95-87-58-22-18-50(83)38-62(58)91-95,43-108-71(100)27-15-47-31-55(79(7,8)9)75(104)67(35-47)96-88-59-23-19-51(84)39-63(59)92-96)44-109-72(101)28-16-48-32-56(80(10,11)12)76(105)68(36-48)97-89-60-24-20-52(85)40-64(60)93-97/h17-19,21-23,29-40,102-105H,13-16,20,24-28,41-44H2,1-12H3. The number of aryl methyl sites for hydroxylation is 5. The van der Waals surface area contributed by atoms with E-state index in [-0.39, 0.29) is 91.4 Å². The molecule has 12 rings (SSSR count). The van der Waals surface area contributed by atoms with Crippen molar-refractivity contribution in [3.63, 3.8) is 0 Å². The number of hydrogen-bond acceptors (Lipinski definition) is 20. The van der Waals surface area contributed by atoms with E-state index in [1.165, 1.54) is 19.2 Å². The third-order valence-corrected chi connectivity index (χ3v) is 20.0. The first kappa shape index (κ1) is 78.4. The maximum absolute atomic E-state index is 14.5. The van der Waals surface area contributed by atoms with Gasteiger partial charge in [-0.25, -0.2) is 0 Å². The van der Waals surface area contributed by atoms with Crippen LogP contribution in [0.25, 0.3) is 61.9 Å². The second-order valence-electron chi connectivity index (χ2n) is 32.0. The molecule has 1 aliphatic carbocycles. The lowest BCUT2D eigenvalue weighted by Crippen LogP contribution is -2.44. The lowest BCUT2D eigenvalue weighted by molar-refractivity contribution is -0.170. The molecule has 0 saturated heterocycles. The summed E-state index contributed by atoms with van der Waals surface area (Å²) >= 11 is 25.4. The van der Waals surface area contributed by atoms with Gasteiger partial charge in [0.1, 0.15) is 116 Å². The molecule has 0 spiro atoms. The number of esters is 4. The molecule has 570 valence electrons. The first-order chi connectivity index (χ1) is 51.3.